The predicted octanol–water partition coefficient (Wildman–Crippen LogP) is 9.32. The fourth-order valence-corrected chi connectivity index (χ4v) is 8.70. The van der Waals surface area contributed by atoms with E-state index in [2.05, 4.69) is 74.5 Å². The Kier molecular flexibility index (Phi) is 16.1. The van der Waals surface area contributed by atoms with E-state index in [4.69, 9.17) is 0 Å². The van der Waals surface area contributed by atoms with Gasteiger partial charge in [0, 0.05) is 0 Å². The molecule has 0 unspecified atom stereocenters. The van der Waals surface area contributed by atoms with Crippen molar-refractivity contribution in [3.63, 3.8) is 0 Å². The summed E-state index contributed by atoms with van der Waals surface area (Å²) in [6.07, 6.45) is 23.1. The van der Waals surface area contributed by atoms with E-state index in [-0.39, 0.29) is 7.92 Å². The molecule has 2 rings (SSSR count). The van der Waals surface area contributed by atoms with Crippen LogP contribution in [-0.2, 0) is 0 Å². The van der Waals surface area contributed by atoms with Crippen molar-refractivity contribution < 1.29 is 0 Å². The van der Waals surface area contributed by atoms with Crippen LogP contribution in [0.5, 0.6) is 0 Å². The van der Waals surface area contributed by atoms with E-state index in [9.17, 15) is 0 Å². The fourth-order valence-electron chi connectivity index (χ4n) is 4.54. The molecule has 0 aliphatic carbocycles. The van der Waals surface area contributed by atoms with Gasteiger partial charge in [-0.15, -0.1) is 7.92 Å². The lowest BCUT2D eigenvalue weighted by Gasteiger charge is -2.18. The third-order valence-electron chi connectivity index (χ3n) is 6.64. The number of rotatable bonds is 19. The van der Waals surface area contributed by atoms with Crippen LogP contribution in [0, 0.1) is 0 Å². The highest BCUT2D eigenvalue weighted by Crippen LogP contribution is 2.36. The Hall–Kier alpha value is -0.700. The van der Waals surface area contributed by atoms with Gasteiger partial charge in [-0.3, -0.25) is 0 Å². The van der Waals surface area contributed by atoms with Crippen LogP contribution in [-0.4, -0.2) is 24.6 Å². The summed E-state index contributed by atoms with van der Waals surface area (Å²) in [6.45, 7) is 4.75. The smallest absolute Gasteiger partial charge is 0.0195 e. The quantitative estimate of drug-likeness (QED) is 0.142. The first-order valence-corrected chi connectivity index (χ1v) is 16.9. The zero-order valence-corrected chi connectivity index (χ0v) is 22.8. The zero-order valence-electron chi connectivity index (χ0n) is 21.0. The molecule has 0 aliphatic heterocycles. The van der Waals surface area contributed by atoms with Crippen molar-refractivity contribution in [2.24, 2.45) is 0 Å². The molecule has 178 valence electrons. The van der Waals surface area contributed by atoms with Gasteiger partial charge < -0.3 is 0 Å². The molecule has 0 spiro atoms. The molecule has 0 heterocycles. The average Bonchev–Trinajstić information content (AvgIpc) is 2.85. The van der Waals surface area contributed by atoms with E-state index in [1.54, 1.807) is 0 Å². The molecule has 0 radical (unpaired) electrons. The summed E-state index contributed by atoms with van der Waals surface area (Å²) in [6, 6.07) is 22.4. The maximum atomic E-state index is 2.38. The van der Waals surface area contributed by atoms with Crippen molar-refractivity contribution in [1.82, 2.24) is 0 Å². The van der Waals surface area contributed by atoms with Crippen LogP contribution in [0.4, 0.5) is 0 Å². The monoisotopic (exact) mass is 470 g/mol. The molecule has 0 N–H and O–H groups in total. The van der Waals surface area contributed by atoms with Gasteiger partial charge in [0.05, 0.1) is 0 Å². The van der Waals surface area contributed by atoms with Crippen molar-refractivity contribution in [2.75, 3.05) is 24.6 Å². The van der Waals surface area contributed by atoms with Crippen molar-refractivity contribution in [1.29, 1.82) is 0 Å². The minimum atomic E-state index is -0.195. The van der Waals surface area contributed by atoms with Crippen molar-refractivity contribution in [3.05, 3.63) is 60.7 Å². The Morgan fingerprint density at radius 3 is 1.16 bits per heavy atom. The van der Waals surface area contributed by atoms with Crippen LogP contribution in [0.2, 0.25) is 0 Å². The summed E-state index contributed by atoms with van der Waals surface area (Å²) in [5, 5.41) is 3.07. The summed E-state index contributed by atoms with van der Waals surface area (Å²) >= 11 is 0. The van der Waals surface area contributed by atoms with E-state index >= 15 is 0 Å². The van der Waals surface area contributed by atoms with Gasteiger partial charge in [-0.1, -0.05) is 139 Å². The first-order chi connectivity index (χ1) is 15.8. The van der Waals surface area contributed by atoms with Gasteiger partial charge in [0.2, 0.25) is 0 Å². The molecule has 0 atom stereocenters. The number of benzene rings is 2. The normalized spacial score (nSPS) is 11.5. The third-order valence-corrected chi connectivity index (χ3v) is 12.0. The number of hydrogen-bond acceptors (Lipinski definition) is 0. The van der Waals surface area contributed by atoms with Gasteiger partial charge >= 0.3 is 0 Å². The largest absolute Gasteiger partial charge is 0.107 e. The van der Waals surface area contributed by atoms with Crippen LogP contribution in [0.1, 0.15) is 90.9 Å². The molecule has 0 amide bonds. The third kappa shape index (κ3) is 12.0. The van der Waals surface area contributed by atoms with Gasteiger partial charge in [0.15, 0.2) is 0 Å². The topological polar surface area (TPSA) is 0 Å². The highest BCUT2D eigenvalue weighted by molar-refractivity contribution is 7.73. The summed E-state index contributed by atoms with van der Waals surface area (Å²) in [7, 11) is 0.183. The lowest BCUT2D eigenvalue weighted by molar-refractivity contribution is 0.548. The van der Waals surface area contributed by atoms with Crippen molar-refractivity contribution in [2.45, 2.75) is 90.9 Å². The van der Waals surface area contributed by atoms with E-state index in [0.717, 1.165) is 0 Å². The van der Waals surface area contributed by atoms with Gasteiger partial charge in [-0.05, 0) is 56.0 Å². The van der Waals surface area contributed by atoms with E-state index in [1.165, 1.54) is 112 Å². The summed E-state index contributed by atoms with van der Waals surface area (Å²) in [5.74, 6) is 0. The first kappa shape index (κ1) is 27.5. The maximum absolute atomic E-state index is 2.38. The molecule has 2 aromatic carbocycles. The molecular weight excluding hydrogens is 422 g/mol. The second-order valence-corrected chi connectivity index (χ2v) is 14.5. The van der Waals surface area contributed by atoms with Gasteiger partial charge in [-0.2, -0.15) is 0 Å². The Bertz CT molecular complexity index is 612. The molecule has 0 bridgehead atoms. The Morgan fingerprint density at radius 1 is 0.438 bits per heavy atom. The van der Waals surface area contributed by atoms with Crippen molar-refractivity contribution >= 4 is 26.5 Å². The summed E-state index contributed by atoms with van der Waals surface area (Å²) < 4.78 is 0. The van der Waals surface area contributed by atoms with Crippen LogP contribution in [0.3, 0.4) is 0 Å². The first-order valence-electron chi connectivity index (χ1n) is 13.4. The Labute approximate surface area is 202 Å². The van der Waals surface area contributed by atoms with E-state index < -0.39 is 0 Å². The fraction of sp³-hybridized carbons (Fsp3) is 0.600. The van der Waals surface area contributed by atoms with Crippen LogP contribution in [0.25, 0.3) is 0 Å². The highest BCUT2D eigenvalue weighted by atomic mass is 31.1. The van der Waals surface area contributed by atoms with E-state index in [0.29, 0.717) is 7.92 Å². The Balaban J connectivity index is 1.47. The molecule has 0 saturated carbocycles. The minimum absolute atomic E-state index is 0.195. The second-order valence-electron chi connectivity index (χ2n) is 9.09. The predicted molar refractivity (Wildman–Crippen MR) is 152 cm³/mol. The molecular formula is C30H48P2. The van der Waals surface area contributed by atoms with Crippen LogP contribution in [0.15, 0.2) is 60.7 Å². The lowest BCUT2D eigenvalue weighted by atomic mass is 10.1. The van der Waals surface area contributed by atoms with Crippen molar-refractivity contribution in [3.8, 4) is 0 Å². The maximum Gasteiger partial charge on any atom is -0.0195 e. The molecule has 0 fully saturated rings. The molecule has 2 heteroatoms. The SMILES string of the molecule is CCP(CC)CCCCCCCCCCCCCCP(c1ccccc1)c1ccccc1. The Morgan fingerprint density at radius 2 is 0.781 bits per heavy atom. The molecule has 2 aromatic rings. The second kappa shape index (κ2) is 18.7. The molecule has 0 aromatic heterocycles. The number of unbranched alkanes of at least 4 members (excludes halogenated alkanes) is 11. The van der Waals surface area contributed by atoms with Crippen LogP contribution < -0.4 is 10.6 Å². The molecule has 0 saturated heterocycles. The molecule has 0 aliphatic rings. The standard InChI is InChI=1S/C30H48P2/c1-3-31(4-2)27-21-13-11-9-7-5-6-8-10-12-14-22-28-32(29-23-17-15-18-24-29)30-25-19-16-20-26-30/h15-20,23-26H,3-14,21-22,27-28H2,1-2H3. The van der Waals surface area contributed by atoms with Gasteiger partial charge in [0.1, 0.15) is 0 Å². The molecule has 0 nitrogen and oxygen atoms in total. The summed E-state index contributed by atoms with van der Waals surface area (Å²) in [5.41, 5.74) is 0. The lowest BCUT2D eigenvalue weighted by Crippen LogP contribution is -2.13. The average molecular weight is 471 g/mol. The van der Waals surface area contributed by atoms with Gasteiger partial charge in [-0.25, -0.2) is 0 Å². The van der Waals surface area contributed by atoms with E-state index in [1.807, 2.05) is 0 Å². The zero-order chi connectivity index (χ0) is 22.7. The minimum Gasteiger partial charge on any atom is -0.107 e. The van der Waals surface area contributed by atoms with Crippen LogP contribution >= 0.6 is 15.8 Å². The number of hydrogen-bond donors (Lipinski definition) is 0. The summed E-state index contributed by atoms with van der Waals surface area (Å²) in [4.78, 5) is 0. The molecule has 32 heavy (non-hydrogen) atoms. The highest BCUT2D eigenvalue weighted by Gasteiger charge is 2.12. The van der Waals surface area contributed by atoms with Gasteiger partial charge in [0.25, 0.3) is 0 Å².